The second kappa shape index (κ2) is 9.57. The minimum Gasteiger partial charge on any atom is -0.464 e. The molecule has 1 aromatic carbocycles. The summed E-state index contributed by atoms with van der Waals surface area (Å²) in [5, 5.41) is 12.6. The summed E-state index contributed by atoms with van der Waals surface area (Å²) in [4.78, 5) is 29.0. The van der Waals surface area contributed by atoms with E-state index in [1.807, 2.05) is 35.8 Å². The van der Waals surface area contributed by atoms with Gasteiger partial charge < -0.3 is 19.1 Å². The van der Waals surface area contributed by atoms with Crippen LogP contribution >= 0.6 is 0 Å². The number of rotatable bonds is 9. The first-order valence-electron chi connectivity index (χ1n) is 10.1. The lowest BCUT2D eigenvalue weighted by molar-refractivity contribution is -0.140. The first-order valence-corrected chi connectivity index (χ1v) is 10.1. The van der Waals surface area contributed by atoms with Crippen molar-refractivity contribution in [3.63, 3.8) is 0 Å². The fourth-order valence-electron chi connectivity index (χ4n) is 3.50. The number of aliphatic hydroxyl groups is 1. The van der Waals surface area contributed by atoms with Crippen LogP contribution in [0, 0.1) is 0 Å². The Morgan fingerprint density at radius 1 is 1.29 bits per heavy atom. The highest BCUT2D eigenvalue weighted by molar-refractivity contribution is 6.11. The molecule has 0 amide bonds. The molecule has 0 bridgehead atoms. The first kappa shape index (κ1) is 22.2. The SMILES string of the molecule is C=CCn1c2ccccc2c2cc(C(=O)OC)nc(C(O)C(=C)C(=O)OCCCC)c21. The molecule has 3 aromatic rings. The molecule has 0 aliphatic heterocycles. The van der Waals surface area contributed by atoms with Crippen LogP contribution in [0.2, 0.25) is 0 Å². The molecule has 2 aromatic heterocycles. The van der Waals surface area contributed by atoms with Crippen LogP contribution in [-0.4, -0.2) is 40.3 Å². The van der Waals surface area contributed by atoms with Gasteiger partial charge in [-0.1, -0.05) is 44.2 Å². The second-order valence-electron chi connectivity index (χ2n) is 7.11. The molecule has 31 heavy (non-hydrogen) atoms. The largest absolute Gasteiger partial charge is 0.464 e. The molecule has 162 valence electrons. The van der Waals surface area contributed by atoms with Crippen LogP contribution < -0.4 is 0 Å². The molecule has 0 saturated heterocycles. The van der Waals surface area contributed by atoms with Crippen molar-refractivity contribution < 1.29 is 24.2 Å². The molecule has 3 rings (SSSR count). The van der Waals surface area contributed by atoms with E-state index in [1.165, 1.54) is 7.11 Å². The highest BCUT2D eigenvalue weighted by Gasteiger charge is 2.27. The van der Waals surface area contributed by atoms with Gasteiger partial charge in [0.05, 0.1) is 30.5 Å². The molecule has 0 radical (unpaired) electrons. The van der Waals surface area contributed by atoms with Gasteiger partial charge in [0.2, 0.25) is 0 Å². The van der Waals surface area contributed by atoms with Gasteiger partial charge in [0.15, 0.2) is 0 Å². The Balaban J connectivity index is 2.23. The van der Waals surface area contributed by atoms with Crippen molar-refractivity contribution in [3.05, 3.63) is 66.5 Å². The predicted molar refractivity (Wildman–Crippen MR) is 119 cm³/mol. The number of unbranched alkanes of at least 4 members (excludes halogenated alkanes) is 1. The van der Waals surface area contributed by atoms with Crippen molar-refractivity contribution in [2.45, 2.75) is 32.4 Å². The fourth-order valence-corrected chi connectivity index (χ4v) is 3.50. The van der Waals surface area contributed by atoms with Crippen LogP contribution in [0.5, 0.6) is 0 Å². The summed E-state index contributed by atoms with van der Waals surface area (Å²) in [6.45, 7) is 10.2. The highest BCUT2D eigenvalue weighted by atomic mass is 16.5. The van der Waals surface area contributed by atoms with E-state index in [1.54, 1.807) is 12.1 Å². The second-order valence-corrected chi connectivity index (χ2v) is 7.11. The zero-order valence-electron chi connectivity index (χ0n) is 17.8. The number of allylic oxidation sites excluding steroid dienone is 1. The van der Waals surface area contributed by atoms with E-state index in [0.717, 1.165) is 17.3 Å². The lowest BCUT2D eigenvalue weighted by Crippen LogP contribution is -2.18. The molecule has 0 spiro atoms. The van der Waals surface area contributed by atoms with E-state index >= 15 is 0 Å². The molecule has 1 N–H and O–H groups in total. The van der Waals surface area contributed by atoms with E-state index in [4.69, 9.17) is 9.47 Å². The minimum absolute atomic E-state index is 0.0257. The van der Waals surface area contributed by atoms with Gasteiger partial charge in [0, 0.05) is 22.8 Å². The average molecular weight is 422 g/mol. The quantitative estimate of drug-likeness (QED) is 0.242. The number of pyridine rings is 1. The van der Waals surface area contributed by atoms with E-state index in [2.05, 4.69) is 18.1 Å². The van der Waals surface area contributed by atoms with E-state index in [0.29, 0.717) is 23.9 Å². The van der Waals surface area contributed by atoms with E-state index < -0.39 is 18.0 Å². The van der Waals surface area contributed by atoms with Crippen molar-refractivity contribution in [3.8, 4) is 0 Å². The third kappa shape index (κ3) is 4.22. The van der Waals surface area contributed by atoms with Gasteiger partial charge in [-0.2, -0.15) is 0 Å². The predicted octanol–water partition coefficient (Wildman–Crippen LogP) is 4.10. The van der Waals surface area contributed by atoms with E-state index in [-0.39, 0.29) is 23.6 Å². The molecule has 0 aliphatic carbocycles. The lowest BCUT2D eigenvalue weighted by Gasteiger charge is -2.16. The standard InChI is InChI=1S/C24H26N2O5/c1-5-7-13-31-23(28)15(3)22(27)20-21-17(14-18(25-20)24(29)30-4)16-10-8-9-11-19(16)26(21)12-6-2/h6,8-11,14,22,27H,2-3,5,7,12-13H2,1,4H3. The Hall–Kier alpha value is -3.45. The molecule has 2 heterocycles. The fraction of sp³-hybridized carbons (Fsp3) is 0.292. The van der Waals surface area contributed by atoms with Crippen LogP contribution in [0.3, 0.4) is 0 Å². The number of benzene rings is 1. The molecule has 0 saturated carbocycles. The number of aliphatic hydroxyl groups excluding tert-OH is 1. The van der Waals surface area contributed by atoms with E-state index in [9.17, 15) is 14.7 Å². The smallest absolute Gasteiger partial charge is 0.356 e. The van der Waals surface area contributed by atoms with Crippen molar-refractivity contribution in [1.29, 1.82) is 0 Å². The average Bonchev–Trinajstić information content (AvgIpc) is 3.11. The highest BCUT2D eigenvalue weighted by Crippen LogP contribution is 2.35. The van der Waals surface area contributed by atoms with Gasteiger partial charge in [0.25, 0.3) is 0 Å². The number of methoxy groups -OCH3 is 1. The summed E-state index contributed by atoms with van der Waals surface area (Å²) in [5.74, 6) is -1.35. The summed E-state index contributed by atoms with van der Waals surface area (Å²) in [6, 6.07) is 9.26. The Labute approximate surface area is 180 Å². The third-order valence-electron chi connectivity index (χ3n) is 5.06. The molecule has 1 atom stereocenters. The zero-order chi connectivity index (χ0) is 22.5. The normalized spacial score (nSPS) is 12.0. The maximum Gasteiger partial charge on any atom is 0.356 e. The summed E-state index contributed by atoms with van der Waals surface area (Å²) >= 11 is 0. The maximum absolute atomic E-state index is 12.4. The Kier molecular flexibility index (Phi) is 6.87. The number of hydrogen-bond acceptors (Lipinski definition) is 6. The molecule has 7 heteroatoms. The van der Waals surface area contributed by atoms with Crippen LogP contribution in [0.1, 0.15) is 42.1 Å². The summed E-state index contributed by atoms with van der Waals surface area (Å²) in [7, 11) is 1.26. The number of para-hydroxylation sites is 1. The molecule has 1 unspecified atom stereocenters. The number of ether oxygens (including phenoxy) is 2. The number of esters is 2. The van der Waals surface area contributed by atoms with Crippen molar-refractivity contribution in [2.24, 2.45) is 0 Å². The van der Waals surface area contributed by atoms with Crippen LogP contribution in [0.25, 0.3) is 21.8 Å². The molecular formula is C24H26N2O5. The van der Waals surface area contributed by atoms with Crippen molar-refractivity contribution in [1.82, 2.24) is 9.55 Å². The lowest BCUT2D eigenvalue weighted by atomic mass is 10.0. The Morgan fingerprint density at radius 2 is 2.03 bits per heavy atom. The van der Waals surface area contributed by atoms with Gasteiger partial charge in [-0.15, -0.1) is 6.58 Å². The molecular weight excluding hydrogens is 396 g/mol. The number of carbonyl (C=O) groups is 2. The van der Waals surface area contributed by atoms with Crippen molar-refractivity contribution in [2.75, 3.05) is 13.7 Å². The summed E-state index contributed by atoms with van der Waals surface area (Å²) < 4.78 is 12.0. The topological polar surface area (TPSA) is 90.7 Å². The summed E-state index contributed by atoms with van der Waals surface area (Å²) in [5.41, 5.74) is 1.47. The van der Waals surface area contributed by atoms with Gasteiger partial charge >= 0.3 is 11.9 Å². The van der Waals surface area contributed by atoms with Gasteiger partial charge in [-0.05, 0) is 18.6 Å². The van der Waals surface area contributed by atoms with Gasteiger partial charge in [0.1, 0.15) is 11.8 Å². The van der Waals surface area contributed by atoms with Crippen LogP contribution in [-0.2, 0) is 20.8 Å². The number of aromatic nitrogens is 2. The first-order chi connectivity index (χ1) is 14.9. The number of hydrogen-bond donors (Lipinski definition) is 1. The zero-order valence-corrected chi connectivity index (χ0v) is 17.8. The van der Waals surface area contributed by atoms with Crippen LogP contribution in [0.15, 0.2) is 55.1 Å². The monoisotopic (exact) mass is 422 g/mol. The summed E-state index contributed by atoms with van der Waals surface area (Å²) in [6.07, 6.45) is 1.84. The number of carbonyl (C=O) groups excluding carboxylic acids is 2. The number of nitrogens with zero attached hydrogens (tertiary/aromatic N) is 2. The van der Waals surface area contributed by atoms with Crippen molar-refractivity contribution >= 4 is 33.7 Å². The molecule has 0 fully saturated rings. The third-order valence-corrected chi connectivity index (χ3v) is 5.06. The van der Waals surface area contributed by atoms with Gasteiger partial charge in [-0.3, -0.25) is 0 Å². The molecule has 7 nitrogen and oxygen atoms in total. The van der Waals surface area contributed by atoms with Crippen LogP contribution in [0.4, 0.5) is 0 Å². The Bertz CT molecular complexity index is 1160. The molecule has 0 aliphatic rings. The minimum atomic E-state index is -1.46. The number of fused-ring (bicyclic) bond motifs is 3. The van der Waals surface area contributed by atoms with Gasteiger partial charge in [-0.25, -0.2) is 14.6 Å². The maximum atomic E-state index is 12.4. The Morgan fingerprint density at radius 3 is 2.71 bits per heavy atom.